The summed E-state index contributed by atoms with van der Waals surface area (Å²) in [7, 11) is 1.64. The van der Waals surface area contributed by atoms with Crippen molar-refractivity contribution in [2.24, 2.45) is 7.05 Å². The van der Waals surface area contributed by atoms with E-state index in [2.05, 4.69) is 20.1 Å². The molecule has 0 saturated carbocycles. The first-order valence-corrected chi connectivity index (χ1v) is 8.95. The zero-order valence-corrected chi connectivity index (χ0v) is 15.6. The molecule has 3 heterocycles. The van der Waals surface area contributed by atoms with Crippen LogP contribution in [0.15, 0.2) is 58.1 Å². The Balaban J connectivity index is 1.36. The average molecular weight is 391 g/mol. The molecule has 0 aliphatic rings. The summed E-state index contributed by atoms with van der Waals surface area (Å²) in [4.78, 5) is 37.1. The molecule has 0 amide bonds. The topological polar surface area (TPSA) is 113 Å². The number of nitrogens with zero attached hydrogens (tertiary/aromatic N) is 5. The molecule has 1 aromatic carbocycles. The Bertz CT molecular complexity index is 1220. The van der Waals surface area contributed by atoms with Gasteiger partial charge in [0.2, 0.25) is 5.82 Å². The van der Waals surface area contributed by atoms with Gasteiger partial charge in [-0.25, -0.2) is 4.98 Å². The largest absolute Gasteiger partial charge is 0.456 e. The van der Waals surface area contributed by atoms with Crippen LogP contribution in [-0.4, -0.2) is 30.6 Å². The molecule has 0 unspecified atom stereocenters. The number of esters is 1. The van der Waals surface area contributed by atoms with Crippen LogP contribution in [0.1, 0.15) is 18.1 Å². The fourth-order valence-electron chi connectivity index (χ4n) is 2.84. The summed E-state index contributed by atoms with van der Waals surface area (Å²) in [5.74, 6) is 0.629. The molecule has 0 spiro atoms. The molecule has 4 rings (SSSR count). The van der Waals surface area contributed by atoms with Gasteiger partial charge in [0.05, 0.1) is 17.3 Å². The van der Waals surface area contributed by atoms with E-state index in [4.69, 9.17) is 9.26 Å². The minimum absolute atomic E-state index is 0.0716. The molecule has 3 aromatic heterocycles. The highest BCUT2D eigenvalue weighted by Gasteiger charge is 2.13. The zero-order chi connectivity index (χ0) is 20.2. The number of aromatic nitrogens is 5. The van der Waals surface area contributed by atoms with Gasteiger partial charge in [0.1, 0.15) is 5.82 Å². The Hall–Kier alpha value is -3.88. The van der Waals surface area contributed by atoms with E-state index in [0.29, 0.717) is 28.1 Å². The van der Waals surface area contributed by atoms with Gasteiger partial charge in [-0.2, -0.15) is 4.98 Å². The number of hydrogen-bond donors (Lipinski definition) is 0. The quantitative estimate of drug-likeness (QED) is 0.459. The third-order valence-electron chi connectivity index (χ3n) is 4.37. The number of aryl methyl sites for hydroxylation is 1. The van der Waals surface area contributed by atoms with Gasteiger partial charge in [0.25, 0.3) is 11.4 Å². The van der Waals surface area contributed by atoms with E-state index in [1.165, 1.54) is 4.57 Å². The molecule has 0 fully saturated rings. The molecule has 0 radical (unpaired) electrons. The summed E-state index contributed by atoms with van der Waals surface area (Å²) in [6.45, 7) is -0.129. The van der Waals surface area contributed by atoms with Crippen molar-refractivity contribution in [1.82, 2.24) is 24.7 Å². The summed E-state index contributed by atoms with van der Waals surface area (Å²) in [5.41, 5.74) is 1.16. The number of rotatable bonds is 6. The predicted molar refractivity (Wildman–Crippen MR) is 103 cm³/mol. The van der Waals surface area contributed by atoms with Crippen LogP contribution < -0.4 is 5.56 Å². The number of carbonyl (C=O) groups excluding carboxylic acids is 1. The van der Waals surface area contributed by atoms with Crippen LogP contribution in [0, 0.1) is 0 Å². The normalized spacial score (nSPS) is 10.9. The van der Waals surface area contributed by atoms with Gasteiger partial charge in [-0.3, -0.25) is 19.1 Å². The van der Waals surface area contributed by atoms with Crippen LogP contribution in [-0.2, 0) is 29.6 Å². The fraction of sp³-hybridized carbons (Fsp3) is 0.200. The van der Waals surface area contributed by atoms with Crippen molar-refractivity contribution in [2.75, 3.05) is 0 Å². The minimum Gasteiger partial charge on any atom is -0.456 e. The Morgan fingerprint density at radius 3 is 2.86 bits per heavy atom. The van der Waals surface area contributed by atoms with Crippen molar-refractivity contribution in [3.63, 3.8) is 0 Å². The van der Waals surface area contributed by atoms with Crippen molar-refractivity contribution in [3.05, 3.63) is 70.9 Å². The number of benzene rings is 1. The van der Waals surface area contributed by atoms with E-state index >= 15 is 0 Å². The molecule has 0 atom stereocenters. The molecule has 0 aliphatic carbocycles. The lowest BCUT2D eigenvalue weighted by molar-refractivity contribution is -0.145. The first-order valence-electron chi connectivity index (χ1n) is 8.95. The number of para-hydroxylation sites is 1. The van der Waals surface area contributed by atoms with Crippen LogP contribution in [0.5, 0.6) is 0 Å². The summed E-state index contributed by atoms with van der Waals surface area (Å²) in [6.07, 6.45) is 3.61. The van der Waals surface area contributed by atoms with Gasteiger partial charge in [0.15, 0.2) is 6.61 Å². The number of pyridine rings is 1. The Kier molecular flexibility index (Phi) is 5.10. The number of carbonyl (C=O) groups is 1. The lowest BCUT2D eigenvalue weighted by atomic mass is 10.2. The molecule has 9 heteroatoms. The average Bonchev–Trinajstić information content (AvgIpc) is 3.23. The Labute approximate surface area is 165 Å². The lowest BCUT2D eigenvalue weighted by Gasteiger charge is -2.08. The van der Waals surface area contributed by atoms with Gasteiger partial charge in [-0.1, -0.05) is 17.3 Å². The van der Waals surface area contributed by atoms with Crippen molar-refractivity contribution in [3.8, 4) is 11.4 Å². The molecule has 29 heavy (non-hydrogen) atoms. The van der Waals surface area contributed by atoms with E-state index in [1.807, 2.05) is 6.07 Å². The molecule has 0 N–H and O–H groups in total. The third-order valence-corrected chi connectivity index (χ3v) is 4.37. The van der Waals surface area contributed by atoms with E-state index in [0.717, 1.165) is 0 Å². The summed E-state index contributed by atoms with van der Waals surface area (Å²) < 4.78 is 11.7. The zero-order valence-electron chi connectivity index (χ0n) is 15.6. The standard InChI is InChI=1S/C20H17N5O4/c1-25-16(22-15-7-3-2-6-14(15)20(25)27)8-9-18(26)28-12-17-23-19(24-29-17)13-5-4-10-21-11-13/h2-7,10-11H,8-9,12H2,1H3. The maximum absolute atomic E-state index is 12.4. The van der Waals surface area contributed by atoms with Crippen LogP contribution >= 0.6 is 0 Å². The second-order valence-electron chi connectivity index (χ2n) is 6.32. The number of fused-ring (bicyclic) bond motifs is 1. The van der Waals surface area contributed by atoms with Crippen LogP contribution in [0.4, 0.5) is 0 Å². The van der Waals surface area contributed by atoms with Crippen LogP contribution in [0.25, 0.3) is 22.3 Å². The van der Waals surface area contributed by atoms with E-state index in [1.54, 1.807) is 49.8 Å². The van der Waals surface area contributed by atoms with E-state index in [-0.39, 0.29) is 30.9 Å². The molecular weight excluding hydrogens is 374 g/mol. The highest BCUT2D eigenvalue weighted by Crippen LogP contribution is 2.14. The van der Waals surface area contributed by atoms with Crippen molar-refractivity contribution < 1.29 is 14.1 Å². The van der Waals surface area contributed by atoms with Crippen molar-refractivity contribution in [1.29, 1.82) is 0 Å². The predicted octanol–water partition coefficient (Wildman–Crippen LogP) is 2.05. The number of hydrogen-bond acceptors (Lipinski definition) is 8. The molecule has 0 aliphatic heterocycles. The summed E-state index contributed by atoms with van der Waals surface area (Å²) in [5, 5.41) is 4.39. The molecule has 9 nitrogen and oxygen atoms in total. The maximum atomic E-state index is 12.4. The van der Waals surface area contributed by atoms with Crippen molar-refractivity contribution >= 4 is 16.9 Å². The number of ether oxygens (including phenoxy) is 1. The maximum Gasteiger partial charge on any atom is 0.306 e. The monoisotopic (exact) mass is 391 g/mol. The van der Waals surface area contributed by atoms with Gasteiger partial charge in [-0.15, -0.1) is 0 Å². The molecule has 0 bridgehead atoms. The Morgan fingerprint density at radius 1 is 1.17 bits per heavy atom. The fourth-order valence-corrected chi connectivity index (χ4v) is 2.84. The first-order chi connectivity index (χ1) is 14.1. The summed E-state index contributed by atoms with van der Waals surface area (Å²) in [6, 6.07) is 10.7. The molecule has 0 saturated heterocycles. The SMILES string of the molecule is Cn1c(CCC(=O)OCc2nc(-c3cccnc3)no2)nc2ccccc2c1=O. The Morgan fingerprint density at radius 2 is 2.03 bits per heavy atom. The lowest BCUT2D eigenvalue weighted by Crippen LogP contribution is -2.23. The third kappa shape index (κ3) is 4.03. The smallest absolute Gasteiger partial charge is 0.306 e. The molecular formula is C20H17N5O4. The van der Waals surface area contributed by atoms with Crippen molar-refractivity contribution in [2.45, 2.75) is 19.4 Å². The van der Waals surface area contributed by atoms with Gasteiger partial charge < -0.3 is 9.26 Å². The molecule has 146 valence electrons. The minimum atomic E-state index is -0.450. The van der Waals surface area contributed by atoms with Gasteiger partial charge >= 0.3 is 5.97 Å². The van der Waals surface area contributed by atoms with Gasteiger partial charge in [0, 0.05) is 31.4 Å². The highest BCUT2D eigenvalue weighted by molar-refractivity contribution is 5.77. The van der Waals surface area contributed by atoms with Crippen LogP contribution in [0.2, 0.25) is 0 Å². The summed E-state index contributed by atoms with van der Waals surface area (Å²) >= 11 is 0. The second kappa shape index (κ2) is 8.01. The van der Waals surface area contributed by atoms with Crippen LogP contribution in [0.3, 0.4) is 0 Å². The molecule has 4 aromatic rings. The van der Waals surface area contributed by atoms with E-state index in [9.17, 15) is 9.59 Å². The first kappa shape index (κ1) is 18.5. The van der Waals surface area contributed by atoms with E-state index < -0.39 is 5.97 Å². The highest BCUT2D eigenvalue weighted by atomic mass is 16.6. The second-order valence-corrected chi connectivity index (χ2v) is 6.32. The van der Waals surface area contributed by atoms with Gasteiger partial charge in [-0.05, 0) is 24.3 Å².